The van der Waals surface area contributed by atoms with E-state index in [1.165, 1.54) is 6.07 Å². The van der Waals surface area contributed by atoms with Crippen LogP contribution in [0.2, 0.25) is 0 Å². The van der Waals surface area contributed by atoms with E-state index >= 15 is 0 Å². The molecule has 1 fully saturated rings. The molecule has 0 N–H and O–H groups in total. The van der Waals surface area contributed by atoms with E-state index in [-0.39, 0.29) is 17.6 Å². The molecule has 0 saturated carbocycles. The largest absolute Gasteiger partial charge is 0.376 e. The van der Waals surface area contributed by atoms with E-state index in [2.05, 4.69) is 0 Å². The molecular weight excluding hydrogens is 245 g/mol. The molecule has 1 unspecified atom stereocenters. The van der Waals surface area contributed by atoms with Gasteiger partial charge in [0.2, 0.25) is 0 Å². The van der Waals surface area contributed by atoms with Crippen molar-refractivity contribution in [2.75, 3.05) is 19.7 Å². The highest BCUT2D eigenvalue weighted by Gasteiger charge is 2.23. The van der Waals surface area contributed by atoms with Crippen LogP contribution in [0, 0.1) is 12.7 Å². The fourth-order valence-electron chi connectivity index (χ4n) is 2.36. The molecule has 1 aliphatic rings. The van der Waals surface area contributed by atoms with Gasteiger partial charge in [0.1, 0.15) is 5.82 Å². The van der Waals surface area contributed by atoms with Gasteiger partial charge in [-0.25, -0.2) is 4.39 Å². The third-order valence-electron chi connectivity index (χ3n) is 3.47. The van der Waals surface area contributed by atoms with Crippen LogP contribution in [0.3, 0.4) is 0 Å². The van der Waals surface area contributed by atoms with Crippen molar-refractivity contribution in [2.45, 2.75) is 32.8 Å². The summed E-state index contributed by atoms with van der Waals surface area (Å²) in [5.74, 6) is -0.708. The molecule has 0 aliphatic carbocycles. The Labute approximate surface area is 113 Å². The molecular formula is C15H20FNO2. The van der Waals surface area contributed by atoms with Crippen molar-refractivity contribution in [3.8, 4) is 0 Å². The number of carbonyl (C=O) groups is 1. The maximum atomic E-state index is 13.8. The van der Waals surface area contributed by atoms with Crippen LogP contribution in [-0.4, -0.2) is 36.6 Å². The number of hydrogen-bond acceptors (Lipinski definition) is 2. The number of aryl methyl sites for hydroxylation is 1. The molecule has 0 spiro atoms. The van der Waals surface area contributed by atoms with Gasteiger partial charge in [0, 0.05) is 19.7 Å². The average Bonchev–Trinajstić information content (AvgIpc) is 2.91. The van der Waals surface area contributed by atoms with Crippen molar-refractivity contribution in [3.05, 3.63) is 35.1 Å². The Morgan fingerprint density at radius 1 is 1.53 bits per heavy atom. The van der Waals surface area contributed by atoms with Crippen LogP contribution < -0.4 is 0 Å². The Morgan fingerprint density at radius 2 is 2.32 bits per heavy atom. The van der Waals surface area contributed by atoms with Gasteiger partial charge in [-0.2, -0.15) is 0 Å². The lowest BCUT2D eigenvalue weighted by atomic mass is 10.1. The lowest BCUT2D eigenvalue weighted by Gasteiger charge is -2.24. The van der Waals surface area contributed by atoms with E-state index in [4.69, 9.17) is 4.74 Å². The predicted octanol–water partition coefficient (Wildman–Crippen LogP) is 2.78. The molecule has 0 radical (unpaired) electrons. The highest BCUT2D eigenvalue weighted by atomic mass is 19.1. The standard InChI is InChI=1S/C15H20FNO2/c1-3-17(10-12-5-4-8-19-12)15(18)13-9-11(2)6-7-14(13)16/h6-7,9,12H,3-5,8,10H2,1-2H3. The normalized spacial score (nSPS) is 18.6. The van der Waals surface area contributed by atoms with Gasteiger partial charge in [-0.05, 0) is 38.8 Å². The first kappa shape index (κ1) is 14.0. The smallest absolute Gasteiger partial charge is 0.256 e. The van der Waals surface area contributed by atoms with Crippen molar-refractivity contribution in [3.63, 3.8) is 0 Å². The fourth-order valence-corrected chi connectivity index (χ4v) is 2.36. The second-order valence-electron chi connectivity index (χ2n) is 4.96. The molecule has 0 aromatic heterocycles. The molecule has 3 nitrogen and oxygen atoms in total. The minimum absolute atomic E-state index is 0.0942. The van der Waals surface area contributed by atoms with E-state index in [1.807, 2.05) is 13.8 Å². The van der Waals surface area contributed by atoms with Crippen LogP contribution >= 0.6 is 0 Å². The molecule has 4 heteroatoms. The lowest BCUT2D eigenvalue weighted by molar-refractivity contribution is 0.0535. The molecule has 1 heterocycles. The van der Waals surface area contributed by atoms with Gasteiger partial charge < -0.3 is 9.64 Å². The van der Waals surface area contributed by atoms with Gasteiger partial charge in [0.25, 0.3) is 5.91 Å². The Morgan fingerprint density at radius 3 is 2.95 bits per heavy atom. The molecule has 2 rings (SSSR count). The Bertz CT molecular complexity index is 455. The summed E-state index contributed by atoms with van der Waals surface area (Å²) in [6.07, 6.45) is 2.10. The number of amides is 1. The van der Waals surface area contributed by atoms with Crippen LogP contribution in [0.4, 0.5) is 4.39 Å². The lowest BCUT2D eigenvalue weighted by Crippen LogP contribution is -2.37. The first-order chi connectivity index (χ1) is 9.11. The number of carbonyl (C=O) groups excluding carboxylic acids is 1. The molecule has 0 bridgehead atoms. The van der Waals surface area contributed by atoms with Gasteiger partial charge >= 0.3 is 0 Å². The minimum atomic E-state index is -0.457. The summed E-state index contributed by atoms with van der Waals surface area (Å²) >= 11 is 0. The summed E-state index contributed by atoms with van der Waals surface area (Å²) in [6, 6.07) is 4.63. The van der Waals surface area contributed by atoms with Crippen LogP contribution in [0.1, 0.15) is 35.7 Å². The molecule has 1 saturated heterocycles. The van der Waals surface area contributed by atoms with Gasteiger partial charge in [-0.15, -0.1) is 0 Å². The summed E-state index contributed by atoms with van der Waals surface area (Å²) in [5, 5.41) is 0. The zero-order valence-electron chi connectivity index (χ0n) is 11.5. The summed E-state index contributed by atoms with van der Waals surface area (Å²) < 4.78 is 19.3. The van der Waals surface area contributed by atoms with E-state index < -0.39 is 5.82 Å². The topological polar surface area (TPSA) is 29.5 Å². The average molecular weight is 265 g/mol. The fraction of sp³-hybridized carbons (Fsp3) is 0.533. The zero-order valence-corrected chi connectivity index (χ0v) is 11.5. The van der Waals surface area contributed by atoms with Crippen molar-refractivity contribution >= 4 is 5.91 Å². The first-order valence-electron chi connectivity index (χ1n) is 6.79. The molecule has 1 aromatic rings. The first-order valence-corrected chi connectivity index (χ1v) is 6.79. The Kier molecular flexibility index (Phi) is 4.53. The quantitative estimate of drug-likeness (QED) is 0.837. The minimum Gasteiger partial charge on any atom is -0.376 e. The predicted molar refractivity (Wildman–Crippen MR) is 71.7 cm³/mol. The third kappa shape index (κ3) is 3.32. The maximum absolute atomic E-state index is 13.8. The summed E-state index contributed by atoms with van der Waals surface area (Å²) in [6.45, 7) is 5.62. The number of nitrogens with zero attached hydrogens (tertiary/aromatic N) is 1. The summed E-state index contributed by atoms with van der Waals surface area (Å²) in [4.78, 5) is 14.0. The van der Waals surface area contributed by atoms with Crippen molar-refractivity contribution < 1.29 is 13.9 Å². The Balaban J connectivity index is 2.12. The second-order valence-corrected chi connectivity index (χ2v) is 4.96. The highest BCUT2D eigenvalue weighted by molar-refractivity contribution is 5.94. The van der Waals surface area contributed by atoms with Gasteiger partial charge in [0.15, 0.2) is 0 Å². The van der Waals surface area contributed by atoms with E-state index in [1.54, 1.807) is 17.0 Å². The van der Waals surface area contributed by atoms with Crippen LogP contribution in [0.15, 0.2) is 18.2 Å². The van der Waals surface area contributed by atoms with Crippen molar-refractivity contribution in [2.24, 2.45) is 0 Å². The molecule has 1 amide bonds. The SMILES string of the molecule is CCN(CC1CCCO1)C(=O)c1cc(C)ccc1F. The van der Waals surface area contributed by atoms with Crippen molar-refractivity contribution in [1.29, 1.82) is 0 Å². The van der Waals surface area contributed by atoms with Crippen molar-refractivity contribution in [1.82, 2.24) is 4.90 Å². The van der Waals surface area contributed by atoms with E-state index in [0.29, 0.717) is 13.1 Å². The number of rotatable bonds is 4. The number of halogens is 1. The van der Waals surface area contributed by atoms with Crippen LogP contribution in [0.25, 0.3) is 0 Å². The van der Waals surface area contributed by atoms with Gasteiger partial charge in [0.05, 0.1) is 11.7 Å². The third-order valence-corrected chi connectivity index (χ3v) is 3.47. The molecule has 1 aliphatic heterocycles. The van der Waals surface area contributed by atoms with Gasteiger partial charge in [-0.3, -0.25) is 4.79 Å². The maximum Gasteiger partial charge on any atom is 0.256 e. The molecule has 104 valence electrons. The molecule has 19 heavy (non-hydrogen) atoms. The zero-order chi connectivity index (χ0) is 13.8. The monoisotopic (exact) mass is 265 g/mol. The summed E-state index contributed by atoms with van der Waals surface area (Å²) in [7, 11) is 0. The Hall–Kier alpha value is -1.42. The number of hydrogen-bond donors (Lipinski definition) is 0. The van der Waals surface area contributed by atoms with Crippen LogP contribution in [0.5, 0.6) is 0 Å². The van der Waals surface area contributed by atoms with E-state index in [9.17, 15) is 9.18 Å². The molecule has 1 aromatic carbocycles. The second kappa shape index (κ2) is 6.15. The molecule has 1 atom stereocenters. The highest BCUT2D eigenvalue weighted by Crippen LogP contribution is 2.17. The number of likely N-dealkylation sites (N-methyl/N-ethyl adjacent to an activating group) is 1. The number of ether oxygens (including phenoxy) is 1. The van der Waals surface area contributed by atoms with Crippen LogP contribution in [-0.2, 0) is 4.74 Å². The summed E-state index contributed by atoms with van der Waals surface area (Å²) in [5.41, 5.74) is 1.04. The number of benzene rings is 1. The van der Waals surface area contributed by atoms with E-state index in [0.717, 1.165) is 25.0 Å². The van der Waals surface area contributed by atoms with Gasteiger partial charge in [-0.1, -0.05) is 11.6 Å².